The summed E-state index contributed by atoms with van der Waals surface area (Å²) in [5.74, 6) is -0.428. The second-order valence-corrected chi connectivity index (χ2v) is 6.68. The third-order valence-electron chi connectivity index (χ3n) is 4.79. The predicted octanol–water partition coefficient (Wildman–Crippen LogP) is 3.28. The van der Waals surface area contributed by atoms with Gasteiger partial charge in [0.05, 0.1) is 11.4 Å². The van der Waals surface area contributed by atoms with Crippen LogP contribution in [0.25, 0.3) is 5.69 Å². The molecular weight excluding hydrogens is 343 g/mol. The van der Waals surface area contributed by atoms with Crippen molar-refractivity contribution in [2.75, 3.05) is 31.1 Å². The number of nitrogens with zero attached hydrogens (tertiary/aromatic N) is 4. The molecule has 5 nitrogen and oxygen atoms in total. The van der Waals surface area contributed by atoms with Gasteiger partial charge in [0.2, 0.25) is 0 Å². The minimum atomic E-state index is -0.351. The Balaban J connectivity index is 1.53. The molecule has 138 valence electrons. The summed E-state index contributed by atoms with van der Waals surface area (Å²) < 4.78 is 15.1. The first kappa shape index (κ1) is 17.3. The number of aryl methyl sites for hydroxylation is 1. The highest BCUT2D eigenvalue weighted by atomic mass is 19.1. The Morgan fingerprint density at radius 3 is 2.33 bits per heavy atom. The Labute approximate surface area is 157 Å². The number of halogens is 1. The lowest BCUT2D eigenvalue weighted by Crippen LogP contribution is -2.49. The van der Waals surface area contributed by atoms with Crippen molar-refractivity contribution in [3.05, 3.63) is 77.9 Å². The molecule has 0 N–H and O–H groups in total. The molecule has 0 bridgehead atoms. The van der Waals surface area contributed by atoms with Crippen molar-refractivity contribution in [3.8, 4) is 5.69 Å². The van der Waals surface area contributed by atoms with Gasteiger partial charge in [-0.25, -0.2) is 9.07 Å². The molecule has 1 fully saturated rings. The summed E-state index contributed by atoms with van der Waals surface area (Å²) in [5.41, 5.74) is 2.91. The second-order valence-electron chi connectivity index (χ2n) is 6.68. The summed E-state index contributed by atoms with van der Waals surface area (Å²) in [7, 11) is 0. The first-order valence-corrected chi connectivity index (χ1v) is 9.04. The number of amides is 1. The van der Waals surface area contributed by atoms with E-state index in [0.717, 1.165) is 18.8 Å². The van der Waals surface area contributed by atoms with E-state index < -0.39 is 0 Å². The van der Waals surface area contributed by atoms with Gasteiger partial charge in [0, 0.05) is 31.9 Å². The minimum absolute atomic E-state index is 0.0763. The summed E-state index contributed by atoms with van der Waals surface area (Å²) in [5, 5.41) is 4.39. The Morgan fingerprint density at radius 2 is 1.63 bits per heavy atom. The molecule has 1 aliphatic heterocycles. The first-order chi connectivity index (χ1) is 13.1. The topological polar surface area (TPSA) is 41.4 Å². The zero-order valence-electron chi connectivity index (χ0n) is 15.2. The molecule has 6 heteroatoms. The molecule has 3 aromatic rings. The fraction of sp³-hybridized carbons (Fsp3) is 0.238. The highest BCUT2D eigenvalue weighted by Gasteiger charge is 2.25. The van der Waals surface area contributed by atoms with Gasteiger partial charge >= 0.3 is 0 Å². The summed E-state index contributed by atoms with van der Waals surface area (Å²) in [6, 6.07) is 18.1. The van der Waals surface area contributed by atoms with Crippen molar-refractivity contribution >= 4 is 11.6 Å². The second kappa shape index (κ2) is 7.23. The predicted molar refractivity (Wildman–Crippen MR) is 103 cm³/mol. The van der Waals surface area contributed by atoms with E-state index in [1.807, 2.05) is 30.0 Å². The maximum Gasteiger partial charge on any atom is 0.272 e. The third-order valence-corrected chi connectivity index (χ3v) is 4.79. The zero-order valence-corrected chi connectivity index (χ0v) is 15.2. The van der Waals surface area contributed by atoms with Crippen LogP contribution in [-0.2, 0) is 0 Å². The van der Waals surface area contributed by atoms with E-state index in [9.17, 15) is 9.18 Å². The van der Waals surface area contributed by atoms with Gasteiger partial charge < -0.3 is 9.80 Å². The Morgan fingerprint density at radius 1 is 0.926 bits per heavy atom. The van der Waals surface area contributed by atoms with Crippen LogP contribution in [0, 0.1) is 12.7 Å². The van der Waals surface area contributed by atoms with Crippen LogP contribution >= 0.6 is 0 Å². The van der Waals surface area contributed by atoms with Gasteiger partial charge in [0.25, 0.3) is 5.91 Å². The molecular formula is C21H21FN4O. The molecule has 1 saturated heterocycles. The van der Waals surface area contributed by atoms with Crippen molar-refractivity contribution in [2.24, 2.45) is 0 Å². The highest BCUT2D eigenvalue weighted by molar-refractivity contribution is 5.93. The van der Waals surface area contributed by atoms with Crippen molar-refractivity contribution in [3.63, 3.8) is 0 Å². The SMILES string of the molecule is Cc1cc(C(=O)N2CCN(c3ccccc3)CC2)n(-c2cccc(F)c2)n1. The van der Waals surface area contributed by atoms with E-state index in [1.54, 1.807) is 18.2 Å². The minimum Gasteiger partial charge on any atom is -0.368 e. The van der Waals surface area contributed by atoms with Crippen molar-refractivity contribution in [1.82, 2.24) is 14.7 Å². The van der Waals surface area contributed by atoms with Crippen LogP contribution < -0.4 is 4.90 Å². The smallest absolute Gasteiger partial charge is 0.272 e. The number of piperazine rings is 1. The van der Waals surface area contributed by atoms with Crippen molar-refractivity contribution in [1.29, 1.82) is 0 Å². The van der Waals surface area contributed by atoms with Crippen LogP contribution in [0.3, 0.4) is 0 Å². The van der Waals surface area contributed by atoms with Gasteiger partial charge in [-0.3, -0.25) is 4.79 Å². The number of aromatic nitrogens is 2. The summed E-state index contributed by atoms with van der Waals surface area (Å²) in [6.07, 6.45) is 0. The number of hydrogen-bond acceptors (Lipinski definition) is 3. The molecule has 4 rings (SSSR count). The normalized spacial score (nSPS) is 14.4. The maximum absolute atomic E-state index is 13.6. The van der Waals surface area contributed by atoms with E-state index in [4.69, 9.17) is 0 Å². The molecule has 0 saturated carbocycles. The fourth-order valence-electron chi connectivity index (χ4n) is 3.43. The van der Waals surface area contributed by atoms with Gasteiger partial charge in [-0.2, -0.15) is 5.10 Å². The molecule has 2 aromatic carbocycles. The summed E-state index contributed by atoms with van der Waals surface area (Å²) in [4.78, 5) is 17.2. The number of hydrogen-bond donors (Lipinski definition) is 0. The average molecular weight is 364 g/mol. The fourth-order valence-corrected chi connectivity index (χ4v) is 3.43. The molecule has 0 unspecified atom stereocenters. The average Bonchev–Trinajstić information content (AvgIpc) is 3.10. The molecule has 1 aliphatic rings. The third kappa shape index (κ3) is 3.56. The van der Waals surface area contributed by atoms with E-state index in [1.165, 1.54) is 22.5 Å². The molecule has 27 heavy (non-hydrogen) atoms. The number of carbonyl (C=O) groups is 1. The highest BCUT2D eigenvalue weighted by Crippen LogP contribution is 2.19. The molecule has 1 aromatic heterocycles. The lowest BCUT2D eigenvalue weighted by Gasteiger charge is -2.36. The van der Waals surface area contributed by atoms with E-state index in [-0.39, 0.29) is 11.7 Å². The molecule has 0 radical (unpaired) electrons. The van der Waals surface area contributed by atoms with Crippen LogP contribution in [0.15, 0.2) is 60.7 Å². The van der Waals surface area contributed by atoms with E-state index in [2.05, 4.69) is 22.1 Å². The number of para-hydroxylation sites is 1. The standard InChI is InChI=1S/C21H21FN4O/c1-16-14-20(26(23-16)19-9-5-6-17(22)15-19)21(27)25-12-10-24(11-13-25)18-7-3-2-4-8-18/h2-9,14-15H,10-13H2,1H3. The van der Waals surface area contributed by atoms with Crippen molar-refractivity contribution in [2.45, 2.75) is 6.92 Å². The zero-order chi connectivity index (χ0) is 18.8. The van der Waals surface area contributed by atoms with Gasteiger partial charge in [-0.05, 0) is 43.3 Å². The number of carbonyl (C=O) groups excluding carboxylic acids is 1. The Kier molecular flexibility index (Phi) is 4.62. The van der Waals surface area contributed by atoms with E-state index in [0.29, 0.717) is 24.5 Å². The molecule has 0 atom stereocenters. The molecule has 1 amide bonds. The monoisotopic (exact) mass is 364 g/mol. The van der Waals surface area contributed by atoms with Crippen LogP contribution in [0.2, 0.25) is 0 Å². The number of anilines is 1. The van der Waals surface area contributed by atoms with Gasteiger partial charge in [-0.1, -0.05) is 24.3 Å². The van der Waals surface area contributed by atoms with Crippen LogP contribution in [0.5, 0.6) is 0 Å². The Hall–Kier alpha value is -3.15. The van der Waals surface area contributed by atoms with Gasteiger partial charge in [-0.15, -0.1) is 0 Å². The Bertz CT molecular complexity index is 946. The van der Waals surface area contributed by atoms with Crippen molar-refractivity contribution < 1.29 is 9.18 Å². The lowest BCUT2D eigenvalue weighted by atomic mass is 10.2. The summed E-state index contributed by atoms with van der Waals surface area (Å²) in [6.45, 7) is 4.67. The van der Waals surface area contributed by atoms with Gasteiger partial charge in [0.1, 0.15) is 11.5 Å². The number of benzene rings is 2. The number of rotatable bonds is 3. The molecule has 0 aliphatic carbocycles. The van der Waals surface area contributed by atoms with Crippen LogP contribution in [-0.4, -0.2) is 46.8 Å². The van der Waals surface area contributed by atoms with E-state index >= 15 is 0 Å². The van der Waals surface area contributed by atoms with Crippen LogP contribution in [0.4, 0.5) is 10.1 Å². The van der Waals surface area contributed by atoms with Gasteiger partial charge in [0.15, 0.2) is 0 Å². The summed E-state index contributed by atoms with van der Waals surface area (Å²) >= 11 is 0. The lowest BCUT2D eigenvalue weighted by molar-refractivity contribution is 0.0737. The quantitative estimate of drug-likeness (QED) is 0.716. The largest absolute Gasteiger partial charge is 0.368 e. The molecule has 0 spiro atoms. The first-order valence-electron chi connectivity index (χ1n) is 9.04. The van der Waals surface area contributed by atoms with Crippen LogP contribution in [0.1, 0.15) is 16.2 Å². The maximum atomic E-state index is 13.6. The molecule has 2 heterocycles.